The summed E-state index contributed by atoms with van der Waals surface area (Å²) in [6, 6.07) is 6.58. The molecule has 2 rings (SSSR count). The number of aryl methyl sites for hydroxylation is 1. The molecule has 0 bridgehead atoms. The third-order valence-corrected chi connectivity index (χ3v) is 5.14. The Balaban J connectivity index is 2.05. The maximum atomic E-state index is 12.0. The molecule has 110 valence electrons. The number of carbonyl (C=O) groups excluding carboxylic acids is 2. The van der Waals surface area contributed by atoms with E-state index in [4.69, 9.17) is 17.3 Å². The van der Waals surface area contributed by atoms with Crippen LogP contribution in [-0.2, 0) is 4.79 Å². The second kappa shape index (κ2) is 6.93. The van der Waals surface area contributed by atoms with Crippen LogP contribution in [0.4, 0.5) is 5.13 Å². The number of primary amides is 1. The number of halogens is 1. The summed E-state index contributed by atoms with van der Waals surface area (Å²) < 4.78 is 0.861. The van der Waals surface area contributed by atoms with Gasteiger partial charge in [-0.25, -0.2) is 4.98 Å². The summed E-state index contributed by atoms with van der Waals surface area (Å²) in [5, 5.41) is 3.78. The number of benzene rings is 1. The van der Waals surface area contributed by atoms with Crippen LogP contribution in [0.5, 0.6) is 0 Å². The van der Waals surface area contributed by atoms with Gasteiger partial charge in [0.15, 0.2) is 5.13 Å². The van der Waals surface area contributed by atoms with Gasteiger partial charge in [0.2, 0.25) is 5.91 Å². The van der Waals surface area contributed by atoms with Gasteiger partial charge in [0.25, 0.3) is 5.91 Å². The molecule has 1 aromatic carbocycles. The van der Waals surface area contributed by atoms with Crippen LogP contribution in [0.15, 0.2) is 28.5 Å². The summed E-state index contributed by atoms with van der Waals surface area (Å²) in [5.74, 6) is -0.459. The molecule has 0 aliphatic carbocycles. The van der Waals surface area contributed by atoms with Crippen molar-refractivity contribution in [2.45, 2.75) is 11.1 Å². The van der Waals surface area contributed by atoms with E-state index in [2.05, 4.69) is 10.3 Å². The largest absolute Gasteiger partial charge is 0.369 e. The Hall–Kier alpha value is -1.57. The van der Waals surface area contributed by atoms with E-state index in [1.165, 1.54) is 23.1 Å². The molecule has 2 aromatic rings. The van der Waals surface area contributed by atoms with Crippen molar-refractivity contribution < 1.29 is 9.59 Å². The van der Waals surface area contributed by atoms with Crippen LogP contribution in [0.2, 0.25) is 5.02 Å². The lowest BCUT2D eigenvalue weighted by Gasteiger charge is -2.01. The monoisotopic (exact) mass is 341 g/mol. The predicted octanol–water partition coefficient (Wildman–Crippen LogP) is 2.93. The van der Waals surface area contributed by atoms with Gasteiger partial charge >= 0.3 is 0 Å². The van der Waals surface area contributed by atoms with Crippen LogP contribution < -0.4 is 11.1 Å². The fourth-order valence-corrected chi connectivity index (χ4v) is 3.48. The molecule has 0 saturated carbocycles. The molecule has 21 heavy (non-hydrogen) atoms. The minimum Gasteiger partial charge on any atom is -0.369 e. The average Bonchev–Trinajstić information content (AvgIpc) is 2.77. The summed E-state index contributed by atoms with van der Waals surface area (Å²) >= 11 is 8.41. The van der Waals surface area contributed by atoms with E-state index in [0.717, 1.165) is 9.90 Å². The lowest BCUT2D eigenvalue weighted by Crippen LogP contribution is -2.12. The molecule has 0 fully saturated rings. The maximum absolute atomic E-state index is 12.0. The minimum absolute atomic E-state index is 0.188. The number of nitrogens with zero attached hydrogens (tertiary/aromatic N) is 1. The summed E-state index contributed by atoms with van der Waals surface area (Å²) in [5.41, 5.74) is 6.37. The number of nitrogens with one attached hydrogen (secondary N) is 1. The molecular weight excluding hydrogens is 330 g/mol. The molecule has 8 heteroatoms. The van der Waals surface area contributed by atoms with Crippen molar-refractivity contribution in [3.63, 3.8) is 0 Å². The van der Waals surface area contributed by atoms with Crippen LogP contribution in [0.25, 0.3) is 0 Å². The van der Waals surface area contributed by atoms with Crippen molar-refractivity contribution in [3.8, 4) is 0 Å². The Morgan fingerprint density at radius 2 is 2.05 bits per heavy atom. The van der Waals surface area contributed by atoms with E-state index < -0.39 is 0 Å². The van der Waals surface area contributed by atoms with E-state index in [1.54, 1.807) is 24.3 Å². The highest BCUT2D eigenvalue weighted by Crippen LogP contribution is 2.32. The summed E-state index contributed by atoms with van der Waals surface area (Å²) in [6.45, 7) is 1.82. The van der Waals surface area contributed by atoms with E-state index >= 15 is 0 Å². The fraction of sp³-hybridized carbons (Fsp3) is 0.154. The molecular formula is C13H12ClN3O2S2. The molecule has 0 spiro atoms. The zero-order valence-electron chi connectivity index (χ0n) is 11.1. The second-order valence-electron chi connectivity index (χ2n) is 4.11. The van der Waals surface area contributed by atoms with Crippen molar-refractivity contribution in [2.24, 2.45) is 5.73 Å². The Bertz CT molecular complexity index is 671. The molecule has 1 aromatic heterocycles. The van der Waals surface area contributed by atoms with E-state index in [-0.39, 0.29) is 17.6 Å². The number of nitrogens with two attached hydrogens (primary N) is 1. The highest BCUT2D eigenvalue weighted by atomic mass is 35.5. The van der Waals surface area contributed by atoms with Gasteiger partial charge in [0.05, 0.1) is 15.7 Å². The van der Waals surface area contributed by atoms with Crippen molar-refractivity contribution in [3.05, 3.63) is 40.5 Å². The number of thioether (sulfide) groups is 1. The maximum Gasteiger partial charge on any atom is 0.257 e. The van der Waals surface area contributed by atoms with Gasteiger partial charge in [-0.15, -0.1) is 11.8 Å². The van der Waals surface area contributed by atoms with Crippen molar-refractivity contribution in [1.29, 1.82) is 0 Å². The van der Waals surface area contributed by atoms with Gasteiger partial charge < -0.3 is 5.73 Å². The van der Waals surface area contributed by atoms with Crippen LogP contribution in [0.3, 0.4) is 0 Å². The third-order valence-electron chi connectivity index (χ3n) is 2.43. The third kappa shape index (κ3) is 4.45. The molecule has 0 saturated heterocycles. The summed E-state index contributed by atoms with van der Waals surface area (Å²) in [4.78, 5) is 27.1. The first-order chi connectivity index (χ1) is 9.95. The number of hydrogen-bond acceptors (Lipinski definition) is 5. The quantitative estimate of drug-likeness (QED) is 0.819. The van der Waals surface area contributed by atoms with Crippen LogP contribution in [0.1, 0.15) is 16.1 Å². The number of rotatable bonds is 5. The first-order valence-electron chi connectivity index (χ1n) is 5.91. The zero-order chi connectivity index (χ0) is 15.4. The molecule has 1 heterocycles. The van der Waals surface area contributed by atoms with Crippen LogP contribution in [0, 0.1) is 6.92 Å². The number of carbonyl (C=O) groups is 2. The predicted molar refractivity (Wildman–Crippen MR) is 86.2 cm³/mol. The second-order valence-corrected chi connectivity index (χ2v) is 6.79. The lowest BCUT2D eigenvalue weighted by molar-refractivity contribution is -0.115. The molecule has 0 unspecified atom stereocenters. The lowest BCUT2D eigenvalue weighted by atomic mass is 10.2. The number of amides is 2. The Morgan fingerprint density at radius 3 is 2.67 bits per heavy atom. The van der Waals surface area contributed by atoms with Crippen LogP contribution in [-0.4, -0.2) is 22.6 Å². The molecule has 0 atom stereocenters. The van der Waals surface area contributed by atoms with Crippen LogP contribution >= 0.6 is 34.7 Å². The van der Waals surface area contributed by atoms with Crippen molar-refractivity contribution >= 4 is 51.6 Å². The molecule has 2 amide bonds. The van der Waals surface area contributed by atoms with Crippen molar-refractivity contribution in [1.82, 2.24) is 4.98 Å². The first-order valence-corrected chi connectivity index (χ1v) is 8.09. The topological polar surface area (TPSA) is 85.1 Å². The Kier molecular flexibility index (Phi) is 5.22. The van der Waals surface area contributed by atoms with E-state index in [1.807, 2.05) is 6.92 Å². The van der Waals surface area contributed by atoms with Gasteiger partial charge in [-0.1, -0.05) is 22.9 Å². The Morgan fingerprint density at radius 1 is 1.38 bits per heavy atom. The number of aromatic nitrogens is 1. The van der Waals surface area contributed by atoms with Gasteiger partial charge in [-0.2, -0.15) is 0 Å². The molecule has 0 aliphatic rings. The van der Waals surface area contributed by atoms with E-state index in [0.29, 0.717) is 15.7 Å². The Labute approximate surface area is 134 Å². The van der Waals surface area contributed by atoms with Gasteiger partial charge in [0.1, 0.15) is 0 Å². The van der Waals surface area contributed by atoms with Gasteiger partial charge in [-0.3, -0.25) is 14.9 Å². The molecule has 0 aliphatic heterocycles. The highest BCUT2D eigenvalue weighted by molar-refractivity contribution is 8.01. The normalized spacial score (nSPS) is 10.4. The first kappa shape index (κ1) is 15.8. The zero-order valence-corrected chi connectivity index (χ0v) is 13.4. The molecule has 5 nitrogen and oxygen atoms in total. The average molecular weight is 342 g/mol. The smallest absolute Gasteiger partial charge is 0.257 e. The van der Waals surface area contributed by atoms with Gasteiger partial charge in [0, 0.05) is 10.6 Å². The summed E-state index contributed by atoms with van der Waals surface area (Å²) in [7, 11) is 0. The molecule has 3 N–H and O–H groups in total. The minimum atomic E-state index is -0.389. The molecule has 0 radical (unpaired) electrons. The van der Waals surface area contributed by atoms with E-state index in [9.17, 15) is 9.59 Å². The number of thiazole rings is 1. The number of hydrogen-bond donors (Lipinski definition) is 2. The summed E-state index contributed by atoms with van der Waals surface area (Å²) in [6.07, 6.45) is 0. The number of anilines is 1. The fourth-order valence-electron chi connectivity index (χ4n) is 1.48. The van der Waals surface area contributed by atoms with Crippen molar-refractivity contribution in [2.75, 3.05) is 11.1 Å². The SMILES string of the molecule is Cc1nc(NC(=O)c2ccc(Cl)cc2)sc1SCC(N)=O. The standard InChI is InChI=1S/C13H12ClN3O2S2/c1-7-12(20-6-10(15)18)21-13(16-7)17-11(19)8-2-4-9(14)5-3-8/h2-5H,6H2,1H3,(H2,15,18)(H,16,17,19). The van der Waals surface area contributed by atoms with Gasteiger partial charge in [-0.05, 0) is 31.2 Å². The highest BCUT2D eigenvalue weighted by Gasteiger charge is 2.12.